The molecule has 0 bridgehead atoms. The normalized spacial score (nSPS) is 11.5. The van der Waals surface area contributed by atoms with Gasteiger partial charge in [0.25, 0.3) is 0 Å². The number of fused-ring (bicyclic) bond motifs is 7. The molecule has 0 atom stereocenters. The van der Waals surface area contributed by atoms with Crippen LogP contribution in [0.4, 0.5) is 34.1 Å². The third kappa shape index (κ3) is 6.95. The summed E-state index contributed by atoms with van der Waals surface area (Å²) in [6.07, 6.45) is 0. The highest BCUT2D eigenvalue weighted by Crippen LogP contribution is 2.44. The number of benzene rings is 11. The van der Waals surface area contributed by atoms with E-state index in [2.05, 4.69) is 246 Å². The lowest BCUT2D eigenvalue weighted by molar-refractivity contribution is 0.668. The largest absolute Gasteiger partial charge is 0.456 e. The van der Waals surface area contributed by atoms with E-state index in [4.69, 9.17) is 8.83 Å². The van der Waals surface area contributed by atoms with Crippen molar-refractivity contribution in [3.05, 3.63) is 255 Å². The fraction of sp³-hybridized carbons (Fsp3) is 0. The Bertz CT molecular complexity index is 3980. The summed E-state index contributed by atoms with van der Waals surface area (Å²) in [5.74, 6) is 0. The van der Waals surface area contributed by atoms with Gasteiger partial charge >= 0.3 is 0 Å². The smallest absolute Gasteiger partial charge is 0.137 e. The summed E-state index contributed by atoms with van der Waals surface area (Å²) in [5.41, 5.74) is 16.5. The molecule has 4 nitrogen and oxygen atoms in total. The van der Waals surface area contributed by atoms with Gasteiger partial charge < -0.3 is 18.6 Å². The third-order valence-electron chi connectivity index (χ3n) is 13.2. The first-order valence-electron chi connectivity index (χ1n) is 23.1. The van der Waals surface area contributed by atoms with Gasteiger partial charge in [0.1, 0.15) is 22.3 Å². The Morgan fingerprint density at radius 3 is 1.32 bits per heavy atom. The predicted octanol–water partition coefficient (Wildman–Crippen LogP) is 18.6. The Kier molecular flexibility index (Phi) is 9.47. The standard InChI is InChI=1S/C64H42N2O2/c1-3-14-43(15-4-1)45-28-31-50(32-29-45)65(53-33-36-59-57-35-30-49(44-16-5-2-6-17-44)40-62(57)68-64(59)41-53)51-22-11-20-47(38-51)48-21-12-23-52(39-48)66(60-26-13-19-46-18-7-8-24-55(46)60)54-34-37-58-56-25-9-10-27-61(56)67-63(58)42-54/h1-42H. The molecule has 0 amide bonds. The average Bonchev–Trinajstić information content (AvgIpc) is 3.97. The lowest BCUT2D eigenvalue weighted by Gasteiger charge is -2.28. The first kappa shape index (κ1) is 39.3. The maximum absolute atomic E-state index is 6.68. The van der Waals surface area contributed by atoms with Crippen molar-refractivity contribution in [3.8, 4) is 33.4 Å². The molecular formula is C64H42N2O2. The van der Waals surface area contributed by atoms with Gasteiger partial charge in [-0.1, -0.05) is 158 Å². The average molecular weight is 871 g/mol. The van der Waals surface area contributed by atoms with Crippen LogP contribution in [-0.4, -0.2) is 0 Å². The van der Waals surface area contributed by atoms with Crippen LogP contribution < -0.4 is 9.80 Å². The van der Waals surface area contributed by atoms with Crippen LogP contribution in [0.25, 0.3) is 88.0 Å². The number of hydrogen-bond donors (Lipinski definition) is 0. The molecule has 0 saturated heterocycles. The summed E-state index contributed by atoms with van der Waals surface area (Å²) in [6, 6.07) is 90.6. The second kappa shape index (κ2) is 16.4. The maximum atomic E-state index is 6.68. The molecule has 2 heterocycles. The highest BCUT2D eigenvalue weighted by atomic mass is 16.3. The molecule has 13 aromatic rings. The molecule has 0 saturated carbocycles. The third-order valence-corrected chi connectivity index (χ3v) is 13.2. The molecule has 0 radical (unpaired) electrons. The SMILES string of the molecule is c1ccc(-c2ccc(N(c3cccc(-c4cccc(N(c5ccc6c(c5)oc5ccccc56)c5cccc6ccccc56)c4)c3)c3ccc4c(c3)oc3cc(-c5ccccc5)ccc34)cc2)cc1. The quantitative estimate of drug-likeness (QED) is 0.145. The minimum absolute atomic E-state index is 0.840. The van der Waals surface area contributed by atoms with Crippen LogP contribution in [0.15, 0.2) is 264 Å². The highest BCUT2D eigenvalue weighted by Gasteiger charge is 2.20. The van der Waals surface area contributed by atoms with Crippen LogP contribution in [0.5, 0.6) is 0 Å². The highest BCUT2D eigenvalue weighted by molar-refractivity contribution is 6.08. The monoisotopic (exact) mass is 870 g/mol. The molecule has 320 valence electrons. The van der Waals surface area contributed by atoms with Gasteiger partial charge in [0, 0.05) is 67.5 Å². The van der Waals surface area contributed by atoms with E-state index >= 15 is 0 Å². The maximum Gasteiger partial charge on any atom is 0.137 e. The van der Waals surface area contributed by atoms with Gasteiger partial charge in [-0.2, -0.15) is 0 Å². The minimum Gasteiger partial charge on any atom is -0.456 e. The summed E-state index contributed by atoms with van der Waals surface area (Å²) >= 11 is 0. The van der Waals surface area contributed by atoms with Gasteiger partial charge in [-0.25, -0.2) is 0 Å². The lowest BCUT2D eigenvalue weighted by atomic mass is 10.0. The zero-order chi connectivity index (χ0) is 45.0. The van der Waals surface area contributed by atoms with E-state index in [0.29, 0.717) is 0 Å². The van der Waals surface area contributed by atoms with Gasteiger partial charge in [-0.3, -0.25) is 0 Å². The van der Waals surface area contributed by atoms with Crippen molar-refractivity contribution in [2.24, 2.45) is 0 Å². The number of hydrogen-bond acceptors (Lipinski definition) is 4. The van der Waals surface area contributed by atoms with Crippen molar-refractivity contribution in [2.45, 2.75) is 0 Å². The van der Waals surface area contributed by atoms with E-state index in [9.17, 15) is 0 Å². The van der Waals surface area contributed by atoms with Gasteiger partial charge in [0.15, 0.2) is 0 Å². The van der Waals surface area contributed by atoms with Crippen LogP contribution in [0.1, 0.15) is 0 Å². The predicted molar refractivity (Wildman–Crippen MR) is 284 cm³/mol. The Hall–Kier alpha value is -9.12. The molecule has 0 unspecified atom stereocenters. The molecule has 13 rings (SSSR count). The second-order valence-electron chi connectivity index (χ2n) is 17.3. The van der Waals surface area contributed by atoms with E-state index in [-0.39, 0.29) is 0 Å². The fourth-order valence-electron chi connectivity index (χ4n) is 9.93. The van der Waals surface area contributed by atoms with Crippen LogP contribution in [0, 0.1) is 0 Å². The summed E-state index contributed by atoms with van der Waals surface area (Å²) in [7, 11) is 0. The Morgan fingerprint density at radius 1 is 0.221 bits per heavy atom. The van der Waals surface area contributed by atoms with E-state index in [0.717, 1.165) is 106 Å². The molecule has 11 aromatic carbocycles. The van der Waals surface area contributed by atoms with Crippen LogP contribution in [-0.2, 0) is 0 Å². The van der Waals surface area contributed by atoms with E-state index < -0.39 is 0 Å². The summed E-state index contributed by atoms with van der Waals surface area (Å²) in [4.78, 5) is 4.68. The fourth-order valence-corrected chi connectivity index (χ4v) is 9.93. The summed E-state index contributed by atoms with van der Waals surface area (Å²) in [6.45, 7) is 0. The van der Waals surface area contributed by atoms with Crippen molar-refractivity contribution >= 4 is 88.8 Å². The molecule has 0 spiro atoms. The van der Waals surface area contributed by atoms with Crippen LogP contribution >= 0.6 is 0 Å². The number of para-hydroxylation sites is 1. The number of furan rings is 2. The molecule has 0 aliphatic rings. The molecule has 0 fully saturated rings. The van der Waals surface area contributed by atoms with Gasteiger partial charge in [0.2, 0.25) is 0 Å². The molecule has 0 N–H and O–H groups in total. The van der Waals surface area contributed by atoms with Crippen molar-refractivity contribution < 1.29 is 8.83 Å². The second-order valence-corrected chi connectivity index (χ2v) is 17.3. The van der Waals surface area contributed by atoms with Crippen molar-refractivity contribution in [1.29, 1.82) is 0 Å². The van der Waals surface area contributed by atoms with Crippen molar-refractivity contribution in [1.82, 2.24) is 0 Å². The summed E-state index contributed by atoms with van der Waals surface area (Å²) < 4.78 is 13.1. The Balaban J connectivity index is 0.930. The molecule has 2 aromatic heterocycles. The molecule has 0 aliphatic carbocycles. The molecule has 0 aliphatic heterocycles. The topological polar surface area (TPSA) is 32.8 Å². The number of anilines is 6. The van der Waals surface area contributed by atoms with Gasteiger partial charge in [0.05, 0.1) is 5.69 Å². The number of rotatable bonds is 9. The van der Waals surface area contributed by atoms with Gasteiger partial charge in [-0.15, -0.1) is 0 Å². The zero-order valence-corrected chi connectivity index (χ0v) is 37.0. The van der Waals surface area contributed by atoms with Crippen molar-refractivity contribution in [2.75, 3.05) is 9.80 Å². The molecular weight excluding hydrogens is 829 g/mol. The Morgan fingerprint density at radius 2 is 0.632 bits per heavy atom. The minimum atomic E-state index is 0.840. The first-order valence-corrected chi connectivity index (χ1v) is 23.1. The molecule has 68 heavy (non-hydrogen) atoms. The number of nitrogens with zero attached hydrogens (tertiary/aromatic N) is 2. The van der Waals surface area contributed by atoms with Crippen LogP contribution in [0.2, 0.25) is 0 Å². The van der Waals surface area contributed by atoms with Crippen molar-refractivity contribution in [3.63, 3.8) is 0 Å². The molecule has 4 heteroatoms. The van der Waals surface area contributed by atoms with Gasteiger partial charge in [-0.05, 0) is 124 Å². The zero-order valence-electron chi connectivity index (χ0n) is 37.0. The first-order chi connectivity index (χ1) is 33.7. The van der Waals surface area contributed by atoms with Crippen LogP contribution in [0.3, 0.4) is 0 Å². The summed E-state index contributed by atoms with van der Waals surface area (Å²) in [5, 5.41) is 6.75. The van der Waals surface area contributed by atoms with E-state index in [1.54, 1.807) is 0 Å². The Labute approximate surface area is 393 Å². The lowest BCUT2D eigenvalue weighted by Crippen LogP contribution is -2.11. The van der Waals surface area contributed by atoms with E-state index in [1.165, 1.54) is 16.3 Å². The van der Waals surface area contributed by atoms with E-state index in [1.807, 2.05) is 18.2 Å².